The number of fused-ring (bicyclic) bond motifs is 3. The lowest BCUT2D eigenvalue weighted by atomic mass is 10.1. The van der Waals surface area contributed by atoms with E-state index in [-0.39, 0.29) is 0 Å². The molecule has 2 aliphatic rings. The van der Waals surface area contributed by atoms with Gasteiger partial charge in [-0.2, -0.15) is 0 Å². The van der Waals surface area contributed by atoms with Crippen molar-refractivity contribution >= 4 is 11.4 Å². The molecular weight excluding hydrogens is 188 g/mol. The number of benzene rings is 1. The second kappa shape index (κ2) is 3.33. The van der Waals surface area contributed by atoms with Crippen LogP contribution in [0.3, 0.4) is 0 Å². The number of phenols is 1. The van der Waals surface area contributed by atoms with E-state index in [2.05, 4.69) is 10.2 Å². The summed E-state index contributed by atoms with van der Waals surface area (Å²) < 4.78 is 0. The number of hydrogen-bond donors (Lipinski definition) is 2. The summed E-state index contributed by atoms with van der Waals surface area (Å²) in [5.41, 5.74) is 2.34. The summed E-state index contributed by atoms with van der Waals surface area (Å²) in [7, 11) is 0. The number of nitrogens with zero attached hydrogens (tertiary/aromatic N) is 1. The number of anilines is 2. The Labute approximate surface area is 89.7 Å². The highest BCUT2D eigenvalue weighted by atomic mass is 16.3. The molecule has 0 radical (unpaired) electrons. The Balaban J connectivity index is 2.05. The minimum absolute atomic E-state index is 0.346. The van der Waals surface area contributed by atoms with Crippen LogP contribution < -0.4 is 10.2 Å². The predicted octanol–water partition coefficient (Wildman–Crippen LogP) is 2.18. The summed E-state index contributed by atoms with van der Waals surface area (Å²) in [5.74, 6) is 0.346. The van der Waals surface area contributed by atoms with E-state index in [0.717, 1.165) is 18.8 Å². The maximum Gasteiger partial charge on any atom is 0.117 e. The van der Waals surface area contributed by atoms with Crippen LogP contribution in [-0.2, 0) is 0 Å². The lowest BCUT2D eigenvalue weighted by Crippen LogP contribution is -2.28. The molecule has 0 spiro atoms. The molecular formula is C12H16N2O. The molecule has 1 atom stereocenters. The first-order valence-electron chi connectivity index (χ1n) is 5.68. The Morgan fingerprint density at radius 3 is 3.20 bits per heavy atom. The van der Waals surface area contributed by atoms with E-state index in [1.54, 1.807) is 6.07 Å². The third-order valence-electron chi connectivity index (χ3n) is 3.46. The van der Waals surface area contributed by atoms with Crippen LogP contribution in [0.4, 0.5) is 11.4 Å². The van der Waals surface area contributed by atoms with Gasteiger partial charge in [0.25, 0.3) is 0 Å². The Hall–Kier alpha value is -1.38. The molecule has 3 heteroatoms. The smallest absolute Gasteiger partial charge is 0.117 e. The van der Waals surface area contributed by atoms with Crippen molar-refractivity contribution < 1.29 is 5.11 Å². The van der Waals surface area contributed by atoms with Crippen molar-refractivity contribution in [2.24, 2.45) is 0 Å². The van der Waals surface area contributed by atoms with Crippen molar-refractivity contribution in [2.45, 2.75) is 25.3 Å². The van der Waals surface area contributed by atoms with Crippen LogP contribution in [-0.4, -0.2) is 24.2 Å². The fraction of sp³-hybridized carbons (Fsp3) is 0.500. The maximum absolute atomic E-state index is 9.46. The highest BCUT2D eigenvalue weighted by Crippen LogP contribution is 2.37. The topological polar surface area (TPSA) is 35.5 Å². The third-order valence-corrected chi connectivity index (χ3v) is 3.46. The van der Waals surface area contributed by atoms with Crippen LogP contribution in [0.2, 0.25) is 0 Å². The van der Waals surface area contributed by atoms with Crippen molar-refractivity contribution in [1.29, 1.82) is 0 Å². The summed E-state index contributed by atoms with van der Waals surface area (Å²) >= 11 is 0. The number of phenolic OH excluding ortho intramolecular Hbond substituents is 1. The molecule has 1 saturated heterocycles. The summed E-state index contributed by atoms with van der Waals surface area (Å²) in [4.78, 5) is 2.48. The minimum atomic E-state index is 0.346. The quantitative estimate of drug-likeness (QED) is 0.680. The zero-order chi connectivity index (χ0) is 10.3. The molecule has 0 amide bonds. The SMILES string of the molecule is Oc1ccc2c(c1)NCCC1CCCN21. The maximum atomic E-state index is 9.46. The molecule has 2 aliphatic heterocycles. The Kier molecular flexibility index (Phi) is 1.97. The van der Waals surface area contributed by atoms with Crippen LogP contribution in [0.1, 0.15) is 19.3 Å². The molecule has 1 unspecified atom stereocenters. The van der Waals surface area contributed by atoms with Gasteiger partial charge in [-0.15, -0.1) is 0 Å². The zero-order valence-electron chi connectivity index (χ0n) is 8.74. The van der Waals surface area contributed by atoms with Gasteiger partial charge in [-0.25, -0.2) is 0 Å². The van der Waals surface area contributed by atoms with Gasteiger partial charge in [0, 0.05) is 25.2 Å². The van der Waals surface area contributed by atoms with Crippen LogP contribution in [0.25, 0.3) is 0 Å². The second-order valence-corrected chi connectivity index (χ2v) is 4.41. The minimum Gasteiger partial charge on any atom is -0.508 e. The summed E-state index contributed by atoms with van der Waals surface area (Å²) in [6, 6.07) is 6.33. The molecule has 2 N–H and O–H groups in total. The van der Waals surface area contributed by atoms with Crippen LogP contribution in [0.15, 0.2) is 18.2 Å². The van der Waals surface area contributed by atoms with E-state index in [0.29, 0.717) is 11.8 Å². The van der Waals surface area contributed by atoms with Gasteiger partial charge in [-0.1, -0.05) is 0 Å². The van der Waals surface area contributed by atoms with Crippen molar-refractivity contribution in [1.82, 2.24) is 0 Å². The van der Waals surface area contributed by atoms with E-state index < -0.39 is 0 Å². The zero-order valence-corrected chi connectivity index (χ0v) is 8.74. The number of hydrogen-bond acceptors (Lipinski definition) is 3. The van der Waals surface area contributed by atoms with Crippen molar-refractivity contribution in [3.05, 3.63) is 18.2 Å². The van der Waals surface area contributed by atoms with Gasteiger partial charge in [0.05, 0.1) is 11.4 Å². The molecule has 15 heavy (non-hydrogen) atoms. The van der Waals surface area contributed by atoms with Crippen molar-refractivity contribution in [3.63, 3.8) is 0 Å². The molecule has 2 heterocycles. The number of aromatic hydroxyl groups is 1. The Morgan fingerprint density at radius 2 is 2.27 bits per heavy atom. The molecule has 1 fully saturated rings. The summed E-state index contributed by atoms with van der Waals surface area (Å²) in [6.07, 6.45) is 3.81. The second-order valence-electron chi connectivity index (χ2n) is 4.41. The van der Waals surface area contributed by atoms with Gasteiger partial charge in [0.1, 0.15) is 5.75 Å². The standard InChI is InChI=1S/C12H16N2O/c15-10-3-4-12-11(8-10)13-6-5-9-2-1-7-14(9)12/h3-4,8-9,13,15H,1-2,5-7H2. The Morgan fingerprint density at radius 1 is 1.33 bits per heavy atom. The highest BCUT2D eigenvalue weighted by Gasteiger charge is 2.28. The molecule has 0 aromatic heterocycles. The molecule has 1 aromatic carbocycles. The fourth-order valence-electron chi connectivity index (χ4n) is 2.74. The average molecular weight is 204 g/mol. The van der Waals surface area contributed by atoms with Gasteiger partial charge in [-0.05, 0) is 31.4 Å². The summed E-state index contributed by atoms with van der Waals surface area (Å²) in [6.45, 7) is 2.17. The summed E-state index contributed by atoms with van der Waals surface area (Å²) in [5, 5.41) is 12.9. The first-order valence-corrected chi connectivity index (χ1v) is 5.68. The molecule has 3 rings (SSSR count). The molecule has 3 nitrogen and oxygen atoms in total. The number of nitrogens with one attached hydrogen (secondary N) is 1. The van der Waals surface area contributed by atoms with Gasteiger partial charge in [-0.3, -0.25) is 0 Å². The monoisotopic (exact) mass is 204 g/mol. The molecule has 80 valence electrons. The van der Waals surface area contributed by atoms with E-state index in [9.17, 15) is 5.11 Å². The van der Waals surface area contributed by atoms with Gasteiger partial charge >= 0.3 is 0 Å². The van der Waals surface area contributed by atoms with Crippen LogP contribution >= 0.6 is 0 Å². The van der Waals surface area contributed by atoms with Crippen LogP contribution in [0, 0.1) is 0 Å². The largest absolute Gasteiger partial charge is 0.508 e. The lowest BCUT2D eigenvalue weighted by Gasteiger charge is -2.25. The Bertz CT molecular complexity index is 378. The van der Waals surface area contributed by atoms with Crippen molar-refractivity contribution in [3.8, 4) is 5.75 Å². The van der Waals surface area contributed by atoms with E-state index >= 15 is 0 Å². The van der Waals surface area contributed by atoms with Gasteiger partial charge in [0.15, 0.2) is 0 Å². The van der Waals surface area contributed by atoms with E-state index in [1.165, 1.54) is 24.9 Å². The van der Waals surface area contributed by atoms with E-state index in [1.807, 2.05) is 12.1 Å². The first kappa shape index (κ1) is 8.89. The van der Waals surface area contributed by atoms with Gasteiger partial charge in [0.2, 0.25) is 0 Å². The normalized spacial score (nSPS) is 24.0. The predicted molar refractivity (Wildman–Crippen MR) is 61.6 cm³/mol. The fourth-order valence-corrected chi connectivity index (χ4v) is 2.74. The third kappa shape index (κ3) is 1.42. The molecule has 0 aliphatic carbocycles. The van der Waals surface area contributed by atoms with Gasteiger partial charge < -0.3 is 15.3 Å². The first-order chi connectivity index (χ1) is 7.34. The number of rotatable bonds is 0. The highest BCUT2D eigenvalue weighted by molar-refractivity contribution is 5.73. The molecule has 0 saturated carbocycles. The average Bonchev–Trinajstić information content (AvgIpc) is 2.61. The molecule has 1 aromatic rings. The molecule has 0 bridgehead atoms. The van der Waals surface area contributed by atoms with Crippen LogP contribution in [0.5, 0.6) is 5.75 Å². The van der Waals surface area contributed by atoms with E-state index in [4.69, 9.17) is 0 Å². The van der Waals surface area contributed by atoms with Crippen molar-refractivity contribution in [2.75, 3.05) is 23.3 Å². The lowest BCUT2D eigenvalue weighted by molar-refractivity contribution is 0.475.